The van der Waals surface area contributed by atoms with E-state index >= 15 is 0 Å². The number of nitrogens with zero attached hydrogens (tertiary/aromatic N) is 1. The Morgan fingerprint density at radius 3 is 2.32 bits per heavy atom. The largest absolute Gasteiger partial charge is 0.481 e. The van der Waals surface area contributed by atoms with E-state index in [2.05, 4.69) is 0 Å². The molecule has 1 amide bonds. The number of hydrogen-bond acceptors (Lipinski definition) is 3. The van der Waals surface area contributed by atoms with E-state index in [0.29, 0.717) is 12.5 Å². The van der Waals surface area contributed by atoms with Crippen LogP contribution in [0.25, 0.3) is 0 Å². The molecule has 1 aliphatic rings. The first-order valence-electron chi connectivity index (χ1n) is 8.33. The predicted octanol–water partition coefficient (Wildman–Crippen LogP) is 3.91. The molecule has 5 heteroatoms. The Morgan fingerprint density at radius 2 is 1.82 bits per heavy atom. The maximum atomic E-state index is 12.0. The van der Waals surface area contributed by atoms with Crippen molar-refractivity contribution in [1.82, 2.24) is 4.90 Å². The SMILES string of the molecule is CN(CC(CC(=O)O)CC1CCCCC1)C(=O)OC(C)(C)C. The Labute approximate surface area is 134 Å². The second-order valence-corrected chi connectivity index (χ2v) is 7.56. The normalized spacial score (nSPS) is 17.8. The van der Waals surface area contributed by atoms with Crippen molar-refractivity contribution in [3.8, 4) is 0 Å². The van der Waals surface area contributed by atoms with E-state index in [1.165, 1.54) is 37.0 Å². The fourth-order valence-electron chi connectivity index (χ4n) is 3.17. The molecular formula is C17H31NO4. The van der Waals surface area contributed by atoms with Crippen LogP contribution >= 0.6 is 0 Å². The molecular weight excluding hydrogens is 282 g/mol. The van der Waals surface area contributed by atoms with Crippen LogP contribution in [0.5, 0.6) is 0 Å². The predicted molar refractivity (Wildman–Crippen MR) is 85.8 cm³/mol. The molecule has 0 radical (unpaired) electrons. The van der Waals surface area contributed by atoms with Crippen molar-refractivity contribution in [2.75, 3.05) is 13.6 Å². The zero-order chi connectivity index (χ0) is 16.8. The van der Waals surface area contributed by atoms with E-state index in [1.807, 2.05) is 20.8 Å². The van der Waals surface area contributed by atoms with Gasteiger partial charge in [-0.3, -0.25) is 4.79 Å². The van der Waals surface area contributed by atoms with Crippen molar-refractivity contribution in [3.05, 3.63) is 0 Å². The molecule has 1 atom stereocenters. The molecule has 1 fully saturated rings. The summed E-state index contributed by atoms with van der Waals surface area (Å²) >= 11 is 0. The summed E-state index contributed by atoms with van der Waals surface area (Å²) in [6, 6.07) is 0. The molecule has 1 saturated carbocycles. The fraction of sp³-hybridized carbons (Fsp3) is 0.882. The summed E-state index contributed by atoms with van der Waals surface area (Å²) in [5.74, 6) is -0.193. The number of carbonyl (C=O) groups excluding carboxylic acids is 1. The van der Waals surface area contributed by atoms with Crippen molar-refractivity contribution in [3.63, 3.8) is 0 Å². The third-order valence-electron chi connectivity index (χ3n) is 4.09. The van der Waals surface area contributed by atoms with Crippen LogP contribution < -0.4 is 0 Å². The van der Waals surface area contributed by atoms with E-state index < -0.39 is 11.6 Å². The third-order valence-corrected chi connectivity index (χ3v) is 4.09. The van der Waals surface area contributed by atoms with E-state index in [1.54, 1.807) is 7.05 Å². The Bertz CT molecular complexity index is 369. The van der Waals surface area contributed by atoms with Gasteiger partial charge in [0.2, 0.25) is 0 Å². The molecule has 0 spiro atoms. The summed E-state index contributed by atoms with van der Waals surface area (Å²) < 4.78 is 5.33. The number of ether oxygens (including phenoxy) is 1. The van der Waals surface area contributed by atoms with Crippen LogP contribution in [0.15, 0.2) is 0 Å². The van der Waals surface area contributed by atoms with Gasteiger partial charge in [0, 0.05) is 20.0 Å². The molecule has 0 bridgehead atoms. The first kappa shape index (κ1) is 18.8. The van der Waals surface area contributed by atoms with Gasteiger partial charge in [0.1, 0.15) is 5.60 Å². The van der Waals surface area contributed by atoms with Gasteiger partial charge in [0.05, 0.1) is 0 Å². The smallest absolute Gasteiger partial charge is 0.410 e. The Morgan fingerprint density at radius 1 is 1.23 bits per heavy atom. The Hall–Kier alpha value is -1.26. The monoisotopic (exact) mass is 313 g/mol. The van der Waals surface area contributed by atoms with Crippen LogP contribution in [-0.4, -0.2) is 41.3 Å². The molecule has 1 aliphatic carbocycles. The summed E-state index contributed by atoms with van der Waals surface area (Å²) in [6.45, 7) is 5.93. The summed E-state index contributed by atoms with van der Waals surface area (Å²) in [5, 5.41) is 9.12. The third kappa shape index (κ3) is 7.66. The van der Waals surface area contributed by atoms with E-state index in [9.17, 15) is 9.59 Å². The van der Waals surface area contributed by atoms with Crippen molar-refractivity contribution in [1.29, 1.82) is 0 Å². The molecule has 0 aromatic carbocycles. The molecule has 0 aromatic rings. The molecule has 22 heavy (non-hydrogen) atoms. The molecule has 1 N–H and O–H groups in total. The first-order chi connectivity index (χ1) is 10.2. The number of aliphatic carboxylic acids is 1. The minimum Gasteiger partial charge on any atom is -0.481 e. The number of amides is 1. The molecule has 1 rings (SSSR count). The van der Waals surface area contributed by atoms with Gasteiger partial charge in [-0.05, 0) is 39.0 Å². The lowest BCUT2D eigenvalue weighted by atomic mass is 9.81. The van der Waals surface area contributed by atoms with Crippen molar-refractivity contribution < 1.29 is 19.4 Å². The van der Waals surface area contributed by atoms with Gasteiger partial charge in [-0.2, -0.15) is 0 Å². The highest BCUT2D eigenvalue weighted by molar-refractivity contribution is 5.69. The quantitative estimate of drug-likeness (QED) is 0.807. The van der Waals surface area contributed by atoms with Gasteiger partial charge in [-0.25, -0.2) is 4.79 Å². The van der Waals surface area contributed by atoms with Gasteiger partial charge in [-0.1, -0.05) is 32.1 Å². The summed E-state index contributed by atoms with van der Waals surface area (Å²) in [5.41, 5.74) is -0.531. The van der Waals surface area contributed by atoms with E-state index in [4.69, 9.17) is 9.84 Å². The van der Waals surface area contributed by atoms with Gasteiger partial charge in [-0.15, -0.1) is 0 Å². The number of rotatable bonds is 6. The highest BCUT2D eigenvalue weighted by atomic mass is 16.6. The lowest BCUT2D eigenvalue weighted by Gasteiger charge is -2.30. The van der Waals surface area contributed by atoms with Gasteiger partial charge in [0.15, 0.2) is 0 Å². The lowest BCUT2D eigenvalue weighted by Crippen LogP contribution is -2.38. The van der Waals surface area contributed by atoms with Gasteiger partial charge in [0.25, 0.3) is 0 Å². The van der Waals surface area contributed by atoms with E-state index in [0.717, 1.165) is 6.42 Å². The summed E-state index contributed by atoms with van der Waals surface area (Å²) in [7, 11) is 1.68. The maximum Gasteiger partial charge on any atom is 0.410 e. The molecule has 0 aliphatic heterocycles. The van der Waals surface area contributed by atoms with Crippen LogP contribution in [0.3, 0.4) is 0 Å². The van der Waals surface area contributed by atoms with Crippen molar-refractivity contribution >= 4 is 12.1 Å². The molecule has 0 aromatic heterocycles. The Balaban J connectivity index is 2.55. The van der Waals surface area contributed by atoms with Crippen molar-refractivity contribution in [2.24, 2.45) is 11.8 Å². The second kappa shape index (κ2) is 8.39. The summed E-state index contributed by atoms with van der Waals surface area (Å²) in [6.07, 6.45) is 6.77. The number of carbonyl (C=O) groups is 2. The molecule has 1 unspecified atom stereocenters. The highest BCUT2D eigenvalue weighted by Crippen LogP contribution is 2.30. The standard InChI is InChI=1S/C17H31NO4/c1-17(2,3)22-16(21)18(4)12-14(11-15(19)20)10-13-8-6-5-7-9-13/h13-14H,5-12H2,1-4H3,(H,19,20). The van der Waals surface area contributed by atoms with Crippen LogP contribution in [0.1, 0.15) is 65.7 Å². The van der Waals surface area contributed by atoms with Crippen LogP contribution in [-0.2, 0) is 9.53 Å². The second-order valence-electron chi connectivity index (χ2n) is 7.56. The van der Waals surface area contributed by atoms with Crippen LogP contribution in [0.4, 0.5) is 4.79 Å². The van der Waals surface area contributed by atoms with Crippen LogP contribution in [0, 0.1) is 11.8 Å². The Kier molecular flexibility index (Phi) is 7.17. The number of hydrogen-bond donors (Lipinski definition) is 1. The van der Waals surface area contributed by atoms with E-state index in [-0.39, 0.29) is 18.4 Å². The average molecular weight is 313 g/mol. The number of carboxylic acids is 1. The first-order valence-corrected chi connectivity index (χ1v) is 8.33. The minimum atomic E-state index is -0.793. The lowest BCUT2D eigenvalue weighted by molar-refractivity contribution is -0.138. The summed E-state index contributed by atoms with van der Waals surface area (Å²) in [4.78, 5) is 24.6. The van der Waals surface area contributed by atoms with Crippen molar-refractivity contribution in [2.45, 2.75) is 71.3 Å². The zero-order valence-corrected chi connectivity index (χ0v) is 14.4. The molecule has 5 nitrogen and oxygen atoms in total. The molecule has 0 heterocycles. The number of carboxylic acid groups (broad SMARTS) is 1. The highest BCUT2D eigenvalue weighted by Gasteiger charge is 2.25. The van der Waals surface area contributed by atoms with Gasteiger partial charge < -0.3 is 14.7 Å². The van der Waals surface area contributed by atoms with Gasteiger partial charge >= 0.3 is 12.1 Å². The van der Waals surface area contributed by atoms with Crippen LogP contribution in [0.2, 0.25) is 0 Å². The average Bonchev–Trinajstić information content (AvgIpc) is 2.36. The minimum absolute atomic E-state index is 0.00174. The zero-order valence-electron chi connectivity index (χ0n) is 14.4. The fourth-order valence-corrected chi connectivity index (χ4v) is 3.17. The maximum absolute atomic E-state index is 12.0. The topological polar surface area (TPSA) is 66.8 Å². The molecule has 128 valence electrons. The molecule has 0 saturated heterocycles.